The lowest BCUT2D eigenvalue weighted by Crippen LogP contribution is -1.97. The monoisotopic (exact) mass is 244 g/mol. The third kappa shape index (κ3) is 1.40. The molecule has 3 aromatic rings. The van der Waals surface area contributed by atoms with Crippen LogP contribution in [-0.4, -0.2) is 14.3 Å². The van der Waals surface area contributed by atoms with Gasteiger partial charge in [0.25, 0.3) is 0 Å². The van der Waals surface area contributed by atoms with Crippen molar-refractivity contribution >= 4 is 16.7 Å². The van der Waals surface area contributed by atoms with Crippen molar-refractivity contribution in [2.24, 2.45) is 14.1 Å². The number of hydrogen-bond acceptors (Lipinski definition) is 2. The number of nitrogens with zero attached hydrogens (tertiary/aromatic N) is 3. The van der Waals surface area contributed by atoms with Crippen LogP contribution in [0, 0.1) is 5.82 Å². The number of rotatable bonds is 1. The minimum Gasteiger partial charge on any atom is -0.384 e. The molecule has 0 saturated heterocycles. The van der Waals surface area contributed by atoms with Crippen LogP contribution >= 0.6 is 0 Å². The van der Waals surface area contributed by atoms with E-state index in [-0.39, 0.29) is 5.82 Å². The second-order valence-corrected chi connectivity index (χ2v) is 4.34. The molecule has 0 aliphatic carbocycles. The van der Waals surface area contributed by atoms with Gasteiger partial charge in [-0.3, -0.25) is 4.68 Å². The minimum absolute atomic E-state index is 0.224. The number of nitrogens with two attached hydrogens (primary N) is 1. The molecule has 2 heterocycles. The van der Waals surface area contributed by atoms with Gasteiger partial charge in [0.2, 0.25) is 0 Å². The largest absolute Gasteiger partial charge is 0.384 e. The SMILES string of the molecule is Cn1nc(-c2cc3c(F)cccc3n2C)cc1N. The maximum atomic E-state index is 13.7. The molecule has 0 aliphatic heterocycles. The van der Waals surface area contributed by atoms with Gasteiger partial charge >= 0.3 is 0 Å². The molecule has 1 aromatic carbocycles. The van der Waals surface area contributed by atoms with Crippen LogP contribution in [0.4, 0.5) is 10.2 Å². The third-order valence-electron chi connectivity index (χ3n) is 3.21. The Morgan fingerprint density at radius 3 is 2.61 bits per heavy atom. The topological polar surface area (TPSA) is 48.8 Å². The van der Waals surface area contributed by atoms with Crippen molar-refractivity contribution in [2.45, 2.75) is 0 Å². The highest BCUT2D eigenvalue weighted by Crippen LogP contribution is 2.28. The molecule has 4 nitrogen and oxygen atoms in total. The zero-order chi connectivity index (χ0) is 12.9. The quantitative estimate of drug-likeness (QED) is 0.714. The van der Waals surface area contributed by atoms with Gasteiger partial charge in [-0.15, -0.1) is 0 Å². The summed E-state index contributed by atoms with van der Waals surface area (Å²) in [5.74, 6) is 0.356. The molecular formula is C13H13FN4. The average Bonchev–Trinajstić information content (AvgIpc) is 2.83. The van der Waals surface area contributed by atoms with E-state index in [0.29, 0.717) is 11.2 Å². The summed E-state index contributed by atoms with van der Waals surface area (Å²) in [5.41, 5.74) is 8.20. The summed E-state index contributed by atoms with van der Waals surface area (Å²) in [6.07, 6.45) is 0. The summed E-state index contributed by atoms with van der Waals surface area (Å²) in [6.45, 7) is 0. The molecule has 5 heteroatoms. The highest BCUT2D eigenvalue weighted by molar-refractivity contribution is 5.87. The van der Waals surface area contributed by atoms with Crippen LogP contribution < -0.4 is 5.73 Å². The van der Waals surface area contributed by atoms with Crippen LogP contribution in [0.1, 0.15) is 0 Å². The molecular weight excluding hydrogens is 231 g/mol. The van der Waals surface area contributed by atoms with Gasteiger partial charge in [0.05, 0.1) is 11.2 Å². The van der Waals surface area contributed by atoms with E-state index in [0.717, 1.165) is 16.9 Å². The zero-order valence-corrected chi connectivity index (χ0v) is 10.2. The Balaban J connectivity index is 2.30. The van der Waals surface area contributed by atoms with E-state index in [2.05, 4.69) is 5.10 Å². The lowest BCUT2D eigenvalue weighted by molar-refractivity contribution is 0.640. The van der Waals surface area contributed by atoms with E-state index < -0.39 is 0 Å². The number of aromatic nitrogens is 3. The lowest BCUT2D eigenvalue weighted by Gasteiger charge is -2.00. The van der Waals surface area contributed by atoms with E-state index in [1.807, 2.05) is 17.7 Å². The van der Waals surface area contributed by atoms with E-state index in [9.17, 15) is 4.39 Å². The number of aryl methyl sites for hydroxylation is 2. The molecule has 92 valence electrons. The van der Waals surface area contributed by atoms with Crippen LogP contribution in [-0.2, 0) is 14.1 Å². The van der Waals surface area contributed by atoms with Gasteiger partial charge in [0.15, 0.2) is 0 Å². The zero-order valence-electron chi connectivity index (χ0n) is 10.2. The summed E-state index contributed by atoms with van der Waals surface area (Å²) in [6, 6.07) is 8.62. The van der Waals surface area contributed by atoms with E-state index in [1.54, 1.807) is 29.9 Å². The Bertz CT molecular complexity index is 719. The molecule has 0 amide bonds. The van der Waals surface area contributed by atoms with Crippen molar-refractivity contribution in [3.8, 4) is 11.4 Å². The van der Waals surface area contributed by atoms with Crippen LogP contribution in [0.25, 0.3) is 22.3 Å². The molecule has 0 radical (unpaired) electrons. The summed E-state index contributed by atoms with van der Waals surface area (Å²) >= 11 is 0. The Morgan fingerprint density at radius 2 is 2.00 bits per heavy atom. The Kier molecular flexibility index (Phi) is 2.16. The van der Waals surface area contributed by atoms with Crippen molar-refractivity contribution in [1.82, 2.24) is 14.3 Å². The summed E-state index contributed by atoms with van der Waals surface area (Å²) in [5, 5.41) is 4.91. The Morgan fingerprint density at radius 1 is 1.22 bits per heavy atom. The van der Waals surface area contributed by atoms with Crippen LogP contribution in [0.15, 0.2) is 30.3 Å². The van der Waals surface area contributed by atoms with Crippen molar-refractivity contribution in [3.05, 3.63) is 36.1 Å². The van der Waals surface area contributed by atoms with Crippen LogP contribution in [0.5, 0.6) is 0 Å². The first kappa shape index (κ1) is 10.8. The van der Waals surface area contributed by atoms with Gasteiger partial charge in [-0.2, -0.15) is 5.10 Å². The van der Waals surface area contributed by atoms with Crippen LogP contribution in [0.3, 0.4) is 0 Å². The molecule has 2 N–H and O–H groups in total. The predicted octanol–water partition coefficient (Wildman–Crippen LogP) is 2.30. The Labute approximate surface area is 103 Å². The maximum Gasteiger partial charge on any atom is 0.132 e. The Hall–Kier alpha value is -2.30. The van der Waals surface area contributed by atoms with Crippen molar-refractivity contribution in [1.29, 1.82) is 0 Å². The van der Waals surface area contributed by atoms with Gasteiger partial charge in [0, 0.05) is 25.5 Å². The first-order valence-electron chi connectivity index (χ1n) is 5.62. The number of halogens is 1. The second kappa shape index (κ2) is 3.60. The van der Waals surface area contributed by atoms with Gasteiger partial charge in [-0.25, -0.2) is 4.39 Å². The highest BCUT2D eigenvalue weighted by atomic mass is 19.1. The van der Waals surface area contributed by atoms with Gasteiger partial charge in [-0.1, -0.05) is 6.07 Å². The number of fused-ring (bicyclic) bond motifs is 1. The normalized spacial score (nSPS) is 11.3. The fourth-order valence-electron chi connectivity index (χ4n) is 2.18. The fraction of sp³-hybridized carbons (Fsp3) is 0.154. The average molecular weight is 244 g/mol. The van der Waals surface area contributed by atoms with Crippen molar-refractivity contribution < 1.29 is 4.39 Å². The molecule has 0 aliphatic rings. The summed E-state index contributed by atoms with van der Waals surface area (Å²) in [7, 11) is 3.67. The molecule has 0 fully saturated rings. The van der Waals surface area contributed by atoms with Crippen LogP contribution in [0.2, 0.25) is 0 Å². The van der Waals surface area contributed by atoms with E-state index in [4.69, 9.17) is 5.73 Å². The van der Waals surface area contributed by atoms with Crippen molar-refractivity contribution in [2.75, 3.05) is 5.73 Å². The van der Waals surface area contributed by atoms with Crippen molar-refractivity contribution in [3.63, 3.8) is 0 Å². The molecule has 2 aromatic heterocycles. The van der Waals surface area contributed by atoms with Gasteiger partial charge < -0.3 is 10.3 Å². The lowest BCUT2D eigenvalue weighted by atomic mass is 10.2. The summed E-state index contributed by atoms with van der Waals surface area (Å²) in [4.78, 5) is 0. The molecule has 0 atom stereocenters. The molecule has 3 rings (SSSR count). The molecule has 0 unspecified atom stereocenters. The molecule has 0 bridgehead atoms. The fourth-order valence-corrected chi connectivity index (χ4v) is 2.18. The number of anilines is 1. The van der Waals surface area contributed by atoms with E-state index in [1.165, 1.54) is 6.07 Å². The standard InChI is InChI=1S/C13H13FN4/c1-17-11-5-3-4-9(14)8(11)6-12(17)10-7-13(15)18(2)16-10/h3-7H,15H2,1-2H3. The number of benzene rings is 1. The third-order valence-corrected chi connectivity index (χ3v) is 3.21. The predicted molar refractivity (Wildman–Crippen MR) is 69.5 cm³/mol. The smallest absolute Gasteiger partial charge is 0.132 e. The first-order valence-corrected chi connectivity index (χ1v) is 5.62. The highest BCUT2D eigenvalue weighted by Gasteiger charge is 2.13. The maximum absolute atomic E-state index is 13.7. The van der Waals surface area contributed by atoms with Gasteiger partial charge in [0.1, 0.15) is 17.3 Å². The summed E-state index contributed by atoms with van der Waals surface area (Å²) < 4.78 is 17.2. The number of hydrogen-bond donors (Lipinski definition) is 1. The molecule has 0 spiro atoms. The van der Waals surface area contributed by atoms with E-state index >= 15 is 0 Å². The molecule has 0 saturated carbocycles. The minimum atomic E-state index is -0.224. The number of nitrogen functional groups attached to an aromatic ring is 1. The first-order chi connectivity index (χ1) is 8.58. The van der Waals surface area contributed by atoms with Gasteiger partial charge in [-0.05, 0) is 18.2 Å². The second-order valence-electron chi connectivity index (χ2n) is 4.34. The molecule has 18 heavy (non-hydrogen) atoms.